The first kappa shape index (κ1) is 14.3. The van der Waals surface area contributed by atoms with Crippen molar-refractivity contribution < 1.29 is 19.3 Å². The van der Waals surface area contributed by atoms with Gasteiger partial charge in [-0.3, -0.25) is 0 Å². The number of nitrogens with zero attached hydrogens (tertiary/aromatic N) is 3. The Kier molecular flexibility index (Phi) is 2.71. The number of aliphatic hydroxyl groups excluding tert-OH is 1. The van der Waals surface area contributed by atoms with Gasteiger partial charge in [-0.25, -0.2) is 9.50 Å². The second-order valence-electron chi connectivity index (χ2n) is 6.38. The van der Waals surface area contributed by atoms with Gasteiger partial charge in [0, 0.05) is 0 Å². The molecule has 4 rings (SSSR count). The van der Waals surface area contributed by atoms with E-state index in [2.05, 4.69) is 10.1 Å². The van der Waals surface area contributed by atoms with Gasteiger partial charge >= 0.3 is 0 Å². The number of nitrogens with two attached hydrogens (primary N) is 1. The fraction of sp³-hybridized carbons (Fsp3) is 0.467. The molecule has 122 valence electrons. The molecule has 2 saturated heterocycles. The Bertz CT molecular complexity index is 815. The van der Waals surface area contributed by atoms with E-state index >= 15 is 0 Å². The van der Waals surface area contributed by atoms with E-state index in [1.165, 1.54) is 6.33 Å². The average Bonchev–Trinajstić information content (AvgIpc) is 3.12. The van der Waals surface area contributed by atoms with Crippen molar-refractivity contribution >= 4 is 11.3 Å². The number of rotatable bonds is 1. The lowest BCUT2D eigenvalue weighted by molar-refractivity contribution is -0.184. The van der Waals surface area contributed by atoms with Gasteiger partial charge < -0.3 is 25.1 Å². The molecule has 2 aromatic rings. The summed E-state index contributed by atoms with van der Waals surface area (Å²) in [4.78, 5) is 3.99. The fourth-order valence-electron chi connectivity index (χ4n) is 3.36. The molecule has 0 saturated carbocycles. The van der Waals surface area contributed by atoms with Crippen LogP contribution in [0.3, 0.4) is 0 Å². The van der Waals surface area contributed by atoms with E-state index < -0.39 is 23.6 Å². The number of nitrogen functional groups attached to an aromatic ring is 1. The third-order valence-electron chi connectivity index (χ3n) is 4.37. The van der Waals surface area contributed by atoms with Crippen molar-refractivity contribution in [1.82, 2.24) is 14.6 Å². The molecule has 2 fully saturated rings. The molecule has 0 unspecified atom stereocenters. The minimum Gasteiger partial charge on any atom is -0.512 e. The van der Waals surface area contributed by atoms with Gasteiger partial charge in [0.25, 0.3) is 0 Å². The van der Waals surface area contributed by atoms with Gasteiger partial charge in [0.05, 0.1) is 5.69 Å². The molecule has 0 bridgehead atoms. The molecule has 4 heterocycles. The zero-order chi connectivity index (χ0) is 16.4. The summed E-state index contributed by atoms with van der Waals surface area (Å²) < 4.78 is 19.6. The first-order valence-electron chi connectivity index (χ1n) is 7.33. The van der Waals surface area contributed by atoms with E-state index in [0.29, 0.717) is 17.1 Å². The Balaban J connectivity index is 1.88. The van der Waals surface area contributed by atoms with Gasteiger partial charge in [0.1, 0.15) is 24.2 Å². The highest BCUT2D eigenvalue weighted by molar-refractivity contribution is 5.65. The van der Waals surface area contributed by atoms with Crippen molar-refractivity contribution in [2.24, 2.45) is 0 Å². The molecule has 3 atom stereocenters. The topological polar surface area (TPSA) is 104 Å². The Morgan fingerprint density at radius 2 is 2.09 bits per heavy atom. The van der Waals surface area contributed by atoms with Crippen LogP contribution in [0.25, 0.3) is 5.52 Å². The van der Waals surface area contributed by atoms with Crippen molar-refractivity contribution in [1.29, 1.82) is 0 Å². The number of anilines is 1. The van der Waals surface area contributed by atoms with Crippen LogP contribution in [0.15, 0.2) is 30.5 Å². The first-order valence-corrected chi connectivity index (χ1v) is 7.33. The number of ether oxygens (including phenoxy) is 3. The van der Waals surface area contributed by atoms with Crippen LogP contribution in [0.4, 0.5) is 5.82 Å². The molecule has 0 aromatic carbocycles. The van der Waals surface area contributed by atoms with E-state index in [4.69, 9.17) is 19.9 Å². The molecular formula is C15H18N4O4. The summed E-state index contributed by atoms with van der Waals surface area (Å²) in [5, 5.41) is 13.8. The highest BCUT2D eigenvalue weighted by Gasteiger charge is 2.61. The highest BCUT2D eigenvalue weighted by atomic mass is 16.8. The Morgan fingerprint density at radius 3 is 2.83 bits per heavy atom. The van der Waals surface area contributed by atoms with Crippen LogP contribution in [-0.2, 0) is 19.8 Å². The zero-order valence-corrected chi connectivity index (χ0v) is 13.1. The maximum absolute atomic E-state index is 9.50. The van der Waals surface area contributed by atoms with E-state index in [9.17, 15) is 5.11 Å². The summed E-state index contributed by atoms with van der Waals surface area (Å²) in [6.07, 6.45) is 1.41. The van der Waals surface area contributed by atoms with Crippen molar-refractivity contribution in [3.8, 4) is 0 Å². The Hall–Kier alpha value is -2.32. The number of hydrogen-bond donors (Lipinski definition) is 2. The molecule has 0 spiro atoms. The summed E-state index contributed by atoms with van der Waals surface area (Å²) in [6.45, 7) is 5.54. The van der Waals surface area contributed by atoms with E-state index in [1.54, 1.807) is 4.52 Å². The summed E-state index contributed by atoms with van der Waals surface area (Å²) in [5.41, 5.74) is 6.43. The molecule has 2 aromatic heterocycles. The molecule has 23 heavy (non-hydrogen) atoms. The largest absolute Gasteiger partial charge is 0.512 e. The molecule has 2 aliphatic heterocycles. The van der Waals surface area contributed by atoms with Crippen molar-refractivity contribution in [3.05, 3.63) is 36.2 Å². The Labute approximate surface area is 132 Å². The zero-order valence-electron chi connectivity index (χ0n) is 13.1. The fourth-order valence-corrected chi connectivity index (χ4v) is 3.36. The molecule has 8 heteroatoms. The van der Waals surface area contributed by atoms with E-state index in [-0.39, 0.29) is 0 Å². The average molecular weight is 318 g/mol. The van der Waals surface area contributed by atoms with Gasteiger partial charge in [0.2, 0.25) is 0 Å². The normalized spacial score (nSPS) is 34.0. The van der Waals surface area contributed by atoms with Gasteiger partial charge in [-0.2, -0.15) is 5.10 Å². The van der Waals surface area contributed by atoms with Gasteiger partial charge in [-0.05, 0) is 32.9 Å². The minimum absolute atomic E-state index is 0.333. The van der Waals surface area contributed by atoms with Crippen molar-refractivity contribution in [2.45, 2.75) is 44.4 Å². The van der Waals surface area contributed by atoms with Crippen LogP contribution in [0, 0.1) is 0 Å². The maximum atomic E-state index is 9.50. The van der Waals surface area contributed by atoms with Crippen LogP contribution in [0.5, 0.6) is 0 Å². The molecule has 0 radical (unpaired) electrons. The van der Waals surface area contributed by atoms with Crippen molar-refractivity contribution in [3.63, 3.8) is 0 Å². The number of aliphatic hydroxyl groups is 1. The highest BCUT2D eigenvalue weighted by Crippen LogP contribution is 2.50. The lowest BCUT2D eigenvalue weighted by atomic mass is 9.94. The number of hydrogen-bond acceptors (Lipinski definition) is 7. The van der Waals surface area contributed by atoms with Crippen LogP contribution >= 0.6 is 0 Å². The second kappa shape index (κ2) is 4.36. The second-order valence-corrected chi connectivity index (χ2v) is 6.38. The van der Waals surface area contributed by atoms with Crippen LogP contribution in [0.2, 0.25) is 0 Å². The minimum atomic E-state index is -0.889. The molecule has 2 aliphatic rings. The van der Waals surface area contributed by atoms with Gasteiger partial charge in [-0.1, -0.05) is 0 Å². The third kappa shape index (κ3) is 1.85. The number of fused-ring (bicyclic) bond motifs is 2. The summed E-state index contributed by atoms with van der Waals surface area (Å²) in [6, 6.07) is 3.70. The quantitative estimate of drug-likeness (QED) is 0.767. The van der Waals surface area contributed by atoms with Crippen molar-refractivity contribution in [2.75, 3.05) is 5.73 Å². The summed E-state index contributed by atoms with van der Waals surface area (Å²) >= 11 is 0. The first-order chi connectivity index (χ1) is 10.9. The van der Waals surface area contributed by atoms with Gasteiger partial charge in [0.15, 0.2) is 29.1 Å². The van der Waals surface area contributed by atoms with E-state index in [0.717, 1.165) is 12.0 Å². The standard InChI is InChI=1S/C15H18N4O4/c1-14(2)22-11-9(6-20)21-15(3,12(11)23-14)10-5-4-8-13(16)17-7-18-19(8)10/h4-7,11-12,20H,1-3H3,(H2,16,17,18)/b9-6+/t11-,12-,15+/m1/s1. The van der Waals surface area contributed by atoms with Crippen LogP contribution in [-0.4, -0.2) is 37.7 Å². The smallest absolute Gasteiger partial charge is 0.177 e. The summed E-state index contributed by atoms with van der Waals surface area (Å²) in [7, 11) is 0. The third-order valence-corrected chi connectivity index (χ3v) is 4.37. The molecule has 8 nitrogen and oxygen atoms in total. The lowest BCUT2D eigenvalue weighted by Gasteiger charge is -2.30. The Morgan fingerprint density at radius 1 is 1.30 bits per heavy atom. The monoisotopic (exact) mass is 318 g/mol. The predicted octanol–water partition coefficient (Wildman–Crippen LogP) is 1.48. The predicted molar refractivity (Wildman–Crippen MR) is 80.4 cm³/mol. The number of aromatic nitrogens is 3. The molecular weight excluding hydrogens is 300 g/mol. The molecule has 0 amide bonds. The van der Waals surface area contributed by atoms with E-state index in [1.807, 2.05) is 32.9 Å². The molecule has 0 aliphatic carbocycles. The summed E-state index contributed by atoms with van der Waals surface area (Å²) in [5.74, 6) is -0.0540. The lowest BCUT2D eigenvalue weighted by Crippen LogP contribution is -2.39. The SMILES string of the molecule is CC1(C)O[C@@H]2/C(=C\O)O[C@@](C)(c3ccc4c(N)ncnn34)[C@@H]2O1. The van der Waals surface area contributed by atoms with Crippen LogP contribution < -0.4 is 5.73 Å². The van der Waals surface area contributed by atoms with Crippen LogP contribution in [0.1, 0.15) is 26.5 Å². The van der Waals surface area contributed by atoms with Gasteiger partial charge in [-0.15, -0.1) is 0 Å². The maximum Gasteiger partial charge on any atom is 0.177 e. The molecule has 3 N–H and O–H groups in total.